The summed E-state index contributed by atoms with van der Waals surface area (Å²) in [5.41, 5.74) is 0.985. The molecule has 2 amide bonds. The Balaban J connectivity index is 2.03. The van der Waals surface area contributed by atoms with Crippen LogP contribution in [0.15, 0.2) is 42.5 Å². The van der Waals surface area contributed by atoms with Crippen LogP contribution in [0.25, 0.3) is 0 Å². The van der Waals surface area contributed by atoms with E-state index in [2.05, 4.69) is 10.6 Å². The number of rotatable bonds is 5. The zero-order valence-corrected chi connectivity index (χ0v) is 13.4. The van der Waals surface area contributed by atoms with Gasteiger partial charge >= 0.3 is 0 Å². The molecule has 0 unspecified atom stereocenters. The van der Waals surface area contributed by atoms with E-state index in [0.29, 0.717) is 5.69 Å². The fourth-order valence-corrected chi connectivity index (χ4v) is 1.99. The topological polar surface area (TPSA) is 58.2 Å². The molecular weight excluding hydrogens is 314 g/mol. The van der Waals surface area contributed by atoms with Gasteiger partial charge in [-0.2, -0.15) is 0 Å². The number of benzene rings is 2. The van der Waals surface area contributed by atoms with E-state index < -0.39 is 17.5 Å². The van der Waals surface area contributed by atoms with Gasteiger partial charge in [-0.25, -0.2) is 8.78 Å². The first-order valence-corrected chi connectivity index (χ1v) is 7.50. The fraction of sp³-hybridized carbons (Fsp3) is 0.222. The number of nitrogens with one attached hydrogen (secondary N) is 2. The molecule has 0 aliphatic carbocycles. The summed E-state index contributed by atoms with van der Waals surface area (Å²) in [7, 11) is 0. The smallest absolute Gasteiger partial charge is 0.254 e. The van der Waals surface area contributed by atoms with Crippen molar-refractivity contribution >= 4 is 17.5 Å². The highest BCUT2D eigenvalue weighted by atomic mass is 19.1. The van der Waals surface area contributed by atoms with Gasteiger partial charge in [0.15, 0.2) is 0 Å². The molecule has 4 nitrogen and oxygen atoms in total. The Bertz CT molecular complexity index is 760. The van der Waals surface area contributed by atoms with Crippen molar-refractivity contribution in [3.8, 4) is 0 Å². The lowest BCUT2D eigenvalue weighted by atomic mass is 10.1. The van der Waals surface area contributed by atoms with Gasteiger partial charge in [-0.15, -0.1) is 0 Å². The average molecular weight is 332 g/mol. The second kappa shape index (κ2) is 7.68. The number of halogens is 2. The number of anilines is 1. The maximum absolute atomic E-state index is 13.6. The predicted molar refractivity (Wildman–Crippen MR) is 87.4 cm³/mol. The molecule has 2 aromatic rings. The van der Waals surface area contributed by atoms with E-state index in [9.17, 15) is 18.4 Å². The number of hydrogen-bond acceptors (Lipinski definition) is 2. The lowest BCUT2D eigenvalue weighted by Gasteiger charge is -2.10. The van der Waals surface area contributed by atoms with Crippen molar-refractivity contribution in [1.29, 1.82) is 0 Å². The molecule has 0 aromatic heterocycles. The molecule has 0 heterocycles. The third-order valence-electron chi connectivity index (χ3n) is 3.34. The molecule has 6 heteroatoms. The highest BCUT2D eigenvalue weighted by Crippen LogP contribution is 2.13. The maximum Gasteiger partial charge on any atom is 0.254 e. The van der Waals surface area contributed by atoms with Crippen LogP contribution >= 0.6 is 0 Å². The second-order valence-corrected chi connectivity index (χ2v) is 5.65. The number of carbonyl (C=O) groups is 2. The molecule has 0 spiro atoms. The van der Waals surface area contributed by atoms with Gasteiger partial charge < -0.3 is 10.6 Å². The van der Waals surface area contributed by atoms with Gasteiger partial charge in [0.25, 0.3) is 5.91 Å². The van der Waals surface area contributed by atoms with E-state index in [0.717, 1.165) is 23.8 Å². The quantitative estimate of drug-likeness (QED) is 0.880. The molecule has 0 aliphatic rings. The highest BCUT2D eigenvalue weighted by molar-refractivity contribution is 5.94. The lowest BCUT2D eigenvalue weighted by molar-refractivity contribution is -0.118. The Morgan fingerprint density at radius 3 is 2.54 bits per heavy atom. The van der Waals surface area contributed by atoms with E-state index >= 15 is 0 Å². The van der Waals surface area contributed by atoms with Gasteiger partial charge in [-0.1, -0.05) is 26.0 Å². The zero-order valence-electron chi connectivity index (χ0n) is 13.4. The summed E-state index contributed by atoms with van der Waals surface area (Å²) < 4.78 is 26.7. The van der Waals surface area contributed by atoms with E-state index in [1.54, 1.807) is 38.1 Å². The monoisotopic (exact) mass is 332 g/mol. The van der Waals surface area contributed by atoms with Crippen LogP contribution in [0.1, 0.15) is 29.8 Å². The lowest BCUT2D eigenvalue weighted by Crippen LogP contribution is -2.24. The van der Waals surface area contributed by atoms with Gasteiger partial charge in [0, 0.05) is 18.2 Å². The standard InChI is InChI=1S/C18H18F2N2O2/c1-11(2)17(23)22-14-5-3-4-12(8-14)10-21-18(24)15-9-13(19)6-7-16(15)20/h3-9,11H,10H2,1-2H3,(H,21,24)(H,22,23). The van der Waals surface area contributed by atoms with Crippen LogP contribution in [0.5, 0.6) is 0 Å². The number of carbonyl (C=O) groups excluding carboxylic acids is 2. The minimum Gasteiger partial charge on any atom is -0.348 e. The Labute approximate surface area is 138 Å². The molecule has 0 atom stereocenters. The summed E-state index contributed by atoms with van der Waals surface area (Å²) in [5.74, 6) is -2.43. The molecule has 2 N–H and O–H groups in total. The molecule has 0 aliphatic heterocycles. The van der Waals surface area contributed by atoms with Gasteiger partial charge in [0.05, 0.1) is 5.56 Å². The van der Waals surface area contributed by atoms with Crippen LogP contribution in [0.4, 0.5) is 14.5 Å². The third kappa shape index (κ3) is 4.62. The molecular formula is C18H18F2N2O2. The molecule has 0 fully saturated rings. The third-order valence-corrected chi connectivity index (χ3v) is 3.34. The van der Waals surface area contributed by atoms with E-state index in [1.807, 2.05) is 0 Å². The van der Waals surface area contributed by atoms with Crippen molar-refractivity contribution in [2.45, 2.75) is 20.4 Å². The van der Waals surface area contributed by atoms with Crippen LogP contribution in [0, 0.1) is 17.6 Å². The SMILES string of the molecule is CC(C)C(=O)Nc1cccc(CNC(=O)c2cc(F)ccc2F)c1. The van der Waals surface area contributed by atoms with Crippen LogP contribution in [-0.2, 0) is 11.3 Å². The molecule has 2 aromatic carbocycles. The van der Waals surface area contributed by atoms with Crippen molar-refractivity contribution in [1.82, 2.24) is 5.32 Å². The van der Waals surface area contributed by atoms with Crippen molar-refractivity contribution in [2.75, 3.05) is 5.32 Å². The van der Waals surface area contributed by atoms with Crippen molar-refractivity contribution < 1.29 is 18.4 Å². The largest absolute Gasteiger partial charge is 0.348 e. The first-order chi connectivity index (χ1) is 11.4. The van der Waals surface area contributed by atoms with E-state index in [1.165, 1.54) is 0 Å². The molecule has 0 radical (unpaired) electrons. The Morgan fingerprint density at radius 1 is 1.08 bits per heavy atom. The average Bonchev–Trinajstić information content (AvgIpc) is 2.55. The Kier molecular flexibility index (Phi) is 5.63. The molecule has 126 valence electrons. The predicted octanol–water partition coefficient (Wildman–Crippen LogP) is 3.49. The normalized spacial score (nSPS) is 10.5. The van der Waals surface area contributed by atoms with Crippen LogP contribution in [0.2, 0.25) is 0 Å². The Morgan fingerprint density at radius 2 is 1.83 bits per heavy atom. The van der Waals surface area contributed by atoms with Gasteiger partial charge in [-0.3, -0.25) is 9.59 Å². The van der Waals surface area contributed by atoms with Crippen molar-refractivity contribution in [3.05, 3.63) is 65.2 Å². The molecule has 2 rings (SSSR count). The number of amides is 2. The van der Waals surface area contributed by atoms with E-state index in [4.69, 9.17) is 0 Å². The summed E-state index contributed by atoms with van der Waals surface area (Å²) in [6.45, 7) is 3.69. The van der Waals surface area contributed by atoms with Crippen LogP contribution < -0.4 is 10.6 Å². The van der Waals surface area contributed by atoms with Crippen LogP contribution in [-0.4, -0.2) is 11.8 Å². The molecule has 0 saturated carbocycles. The summed E-state index contributed by atoms with van der Waals surface area (Å²) in [6, 6.07) is 9.65. The molecule has 0 saturated heterocycles. The maximum atomic E-state index is 13.6. The number of hydrogen-bond donors (Lipinski definition) is 2. The van der Waals surface area contributed by atoms with Crippen molar-refractivity contribution in [2.24, 2.45) is 5.92 Å². The summed E-state index contributed by atoms with van der Waals surface area (Å²) in [5, 5.41) is 5.28. The van der Waals surface area contributed by atoms with Gasteiger partial charge in [0.2, 0.25) is 5.91 Å². The highest BCUT2D eigenvalue weighted by Gasteiger charge is 2.13. The second-order valence-electron chi connectivity index (χ2n) is 5.65. The van der Waals surface area contributed by atoms with Gasteiger partial charge in [-0.05, 0) is 35.9 Å². The molecule has 24 heavy (non-hydrogen) atoms. The molecule has 0 bridgehead atoms. The summed E-state index contributed by atoms with van der Waals surface area (Å²) in [6.07, 6.45) is 0. The minimum absolute atomic E-state index is 0.113. The minimum atomic E-state index is -0.785. The van der Waals surface area contributed by atoms with Gasteiger partial charge in [0.1, 0.15) is 11.6 Å². The summed E-state index contributed by atoms with van der Waals surface area (Å²) >= 11 is 0. The van der Waals surface area contributed by atoms with Crippen molar-refractivity contribution in [3.63, 3.8) is 0 Å². The first-order valence-electron chi connectivity index (χ1n) is 7.50. The van der Waals surface area contributed by atoms with E-state index in [-0.39, 0.29) is 23.9 Å². The fourth-order valence-electron chi connectivity index (χ4n) is 1.99. The van der Waals surface area contributed by atoms with Crippen LogP contribution in [0.3, 0.4) is 0 Å². The Hall–Kier alpha value is -2.76. The summed E-state index contributed by atoms with van der Waals surface area (Å²) in [4.78, 5) is 23.6. The first kappa shape index (κ1) is 17.6. The zero-order chi connectivity index (χ0) is 17.7.